The molecule has 3 amide bonds. The number of rotatable bonds is 7. The van der Waals surface area contributed by atoms with Gasteiger partial charge in [-0.15, -0.1) is 0 Å². The van der Waals surface area contributed by atoms with Gasteiger partial charge in [-0.1, -0.05) is 26.0 Å². The van der Waals surface area contributed by atoms with Crippen LogP contribution in [0.25, 0.3) is 0 Å². The summed E-state index contributed by atoms with van der Waals surface area (Å²) in [5.41, 5.74) is 1.29. The van der Waals surface area contributed by atoms with Crippen LogP contribution in [0.1, 0.15) is 32.8 Å². The number of nitrogens with one attached hydrogen (secondary N) is 4. The van der Waals surface area contributed by atoms with Gasteiger partial charge in [-0.25, -0.2) is 4.79 Å². The Kier molecular flexibility index (Phi) is 6.48. The van der Waals surface area contributed by atoms with Crippen molar-refractivity contribution in [3.8, 4) is 5.75 Å². The van der Waals surface area contributed by atoms with E-state index in [4.69, 9.17) is 10.1 Å². The van der Waals surface area contributed by atoms with Crippen LogP contribution in [0.3, 0.4) is 0 Å². The van der Waals surface area contributed by atoms with Gasteiger partial charge in [0, 0.05) is 11.4 Å². The van der Waals surface area contributed by atoms with Crippen molar-refractivity contribution >= 4 is 29.3 Å². The third-order valence-corrected chi connectivity index (χ3v) is 5.07. The lowest BCUT2D eigenvalue weighted by Crippen LogP contribution is -2.44. The molecule has 1 heterocycles. The van der Waals surface area contributed by atoms with Gasteiger partial charge in [0.05, 0.1) is 13.7 Å². The van der Waals surface area contributed by atoms with Gasteiger partial charge in [-0.05, 0) is 61.2 Å². The summed E-state index contributed by atoms with van der Waals surface area (Å²) >= 11 is 0. The lowest BCUT2D eigenvalue weighted by Gasteiger charge is -2.24. The average Bonchev–Trinajstić information content (AvgIpc) is 2.91. The van der Waals surface area contributed by atoms with Crippen LogP contribution in [0.5, 0.6) is 5.75 Å². The van der Waals surface area contributed by atoms with E-state index in [9.17, 15) is 9.59 Å². The zero-order valence-electron chi connectivity index (χ0n) is 18.3. The first-order chi connectivity index (χ1) is 14.7. The second-order valence-electron chi connectivity index (χ2n) is 8.30. The monoisotopic (exact) mass is 423 g/mol. The van der Waals surface area contributed by atoms with Crippen LogP contribution in [-0.2, 0) is 11.3 Å². The number of carbonyl (C=O) groups excluding carboxylic acids is 2. The molecule has 0 saturated carbocycles. The average molecular weight is 424 g/mol. The molecule has 2 aromatic rings. The number of amides is 3. The van der Waals surface area contributed by atoms with E-state index in [2.05, 4.69) is 29.8 Å². The molecule has 1 atom stereocenters. The highest BCUT2D eigenvalue weighted by atomic mass is 16.5. The van der Waals surface area contributed by atoms with E-state index in [1.54, 1.807) is 43.5 Å². The Hall–Kier alpha value is -3.55. The Morgan fingerprint density at radius 1 is 1.16 bits per heavy atom. The first-order valence-electron chi connectivity index (χ1n) is 10.2. The molecule has 8 nitrogen and oxygen atoms in total. The molecule has 0 aromatic heterocycles. The first kappa shape index (κ1) is 22.1. The molecule has 1 fully saturated rings. The maximum atomic E-state index is 12.9. The summed E-state index contributed by atoms with van der Waals surface area (Å²) in [7, 11) is 1.58. The van der Waals surface area contributed by atoms with Crippen LogP contribution >= 0.6 is 0 Å². The summed E-state index contributed by atoms with van der Waals surface area (Å²) in [6.07, 6.45) is 0.651. The number of guanidine groups is 1. The molecular weight excluding hydrogens is 394 g/mol. The quantitative estimate of drug-likeness (QED) is 0.540. The molecule has 1 unspecified atom stereocenters. The maximum Gasteiger partial charge on any atom is 0.323 e. The van der Waals surface area contributed by atoms with Gasteiger partial charge in [0.2, 0.25) is 0 Å². The summed E-state index contributed by atoms with van der Waals surface area (Å²) in [5.74, 6) is 1.02. The standard InChI is InChI=1S/C23H29N5O3/c1-15(2)13-23(3)20(29)28(21(24)27-23)14-16-6-5-7-18(12-16)26-22(30)25-17-8-10-19(31-4)11-9-17/h5-12,15H,13-14H2,1-4H3,(H2,24,27)(H2,25,26,30). The SMILES string of the molecule is COc1ccc(NC(=O)Nc2cccc(CN3C(=N)NC(C)(CC(C)C)C3=O)c2)cc1. The number of anilines is 2. The molecule has 1 saturated heterocycles. The maximum absolute atomic E-state index is 12.9. The molecule has 1 aliphatic heterocycles. The Labute approximate surface area is 182 Å². The van der Waals surface area contributed by atoms with Gasteiger partial charge < -0.3 is 20.7 Å². The molecule has 0 radical (unpaired) electrons. The number of nitrogens with zero attached hydrogens (tertiary/aromatic N) is 1. The number of hydrogen-bond acceptors (Lipinski definition) is 4. The number of methoxy groups -OCH3 is 1. The second kappa shape index (κ2) is 9.07. The van der Waals surface area contributed by atoms with E-state index in [0.29, 0.717) is 29.5 Å². The van der Waals surface area contributed by atoms with E-state index in [0.717, 1.165) is 5.56 Å². The van der Waals surface area contributed by atoms with Crippen molar-refractivity contribution in [2.75, 3.05) is 17.7 Å². The number of urea groups is 1. The highest BCUT2D eigenvalue weighted by Gasteiger charge is 2.45. The van der Waals surface area contributed by atoms with Crippen molar-refractivity contribution in [3.63, 3.8) is 0 Å². The summed E-state index contributed by atoms with van der Waals surface area (Å²) in [4.78, 5) is 26.7. The van der Waals surface area contributed by atoms with Gasteiger partial charge in [-0.3, -0.25) is 15.1 Å². The number of benzene rings is 2. The van der Waals surface area contributed by atoms with Gasteiger partial charge in [0.25, 0.3) is 5.91 Å². The molecule has 164 valence electrons. The predicted octanol–water partition coefficient (Wildman–Crippen LogP) is 4.01. The highest BCUT2D eigenvalue weighted by molar-refractivity contribution is 6.07. The van der Waals surface area contributed by atoms with Gasteiger partial charge in [0.15, 0.2) is 5.96 Å². The molecule has 31 heavy (non-hydrogen) atoms. The Morgan fingerprint density at radius 3 is 2.48 bits per heavy atom. The predicted molar refractivity (Wildman–Crippen MR) is 121 cm³/mol. The van der Waals surface area contributed by atoms with Gasteiger partial charge in [-0.2, -0.15) is 0 Å². The van der Waals surface area contributed by atoms with Crippen LogP contribution < -0.4 is 20.7 Å². The summed E-state index contributed by atoms with van der Waals surface area (Å²) in [5, 5.41) is 16.8. The Balaban J connectivity index is 1.64. The van der Waals surface area contributed by atoms with Crippen LogP contribution in [-0.4, -0.2) is 35.4 Å². The molecule has 1 aliphatic rings. The van der Waals surface area contributed by atoms with Crippen LogP contribution in [0, 0.1) is 11.3 Å². The highest BCUT2D eigenvalue weighted by Crippen LogP contribution is 2.26. The number of hydrogen-bond donors (Lipinski definition) is 4. The molecule has 3 rings (SSSR count). The van der Waals surface area contributed by atoms with Gasteiger partial charge in [0.1, 0.15) is 11.3 Å². The summed E-state index contributed by atoms with van der Waals surface area (Å²) < 4.78 is 5.11. The van der Waals surface area contributed by atoms with Crippen molar-refractivity contribution in [3.05, 3.63) is 54.1 Å². The Bertz CT molecular complexity index is 973. The van der Waals surface area contributed by atoms with Crippen molar-refractivity contribution in [2.24, 2.45) is 5.92 Å². The Morgan fingerprint density at radius 2 is 1.84 bits per heavy atom. The third-order valence-electron chi connectivity index (χ3n) is 5.07. The number of carbonyl (C=O) groups is 2. The van der Waals surface area contributed by atoms with E-state index in [1.165, 1.54) is 4.90 Å². The van der Waals surface area contributed by atoms with Gasteiger partial charge >= 0.3 is 6.03 Å². The fourth-order valence-corrected chi connectivity index (χ4v) is 3.79. The van der Waals surface area contributed by atoms with Crippen molar-refractivity contribution in [1.29, 1.82) is 5.41 Å². The topological polar surface area (TPSA) is 107 Å². The van der Waals surface area contributed by atoms with Crippen molar-refractivity contribution in [1.82, 2.24) is 10.2 Å². The number of ether oxygens (including phenoxy) is 1. The van der Waals surface area contributed by atoms with Crippen LogP contribution in [0.15, 0.2) is 48.5 Å². The molecule has 0 aliphatic carbocycles. The molecule has 4 N–H and O–H groups in total. The third kappa shape index (κ3) is 5.33. The smallest absolute Gasteiger partial charge is 0.323 e. The van der Waals surface area contributed by atoms with Crippen LogP contribution in [0.4, 0.5) is 16.2 Å². The molecule has 0 bridgehead atoms. The van der Waals surface area contributed by atoms with Crippen molar-refractivity contribution in [2.45, 2.75) is 39.3 Å². The largest absolute Gasteiger partial charge is 0.497 e. The minimum atomic E-state index is -0.765. The van der Waals surface area contributed by atoms with E-state index >= 15 is 0 Å². The molecule has 0 spiro atoms. The molecular formula is C23H29N5O3. The summed E-state index contributed by atoms with van der Waals surface area (Å²) in [6, 6.07) is 13.9. The first-order valence-corrected chi connectivity index (χ1v) is 10.2. The zero-order valence-corrected chi connectivity index (χ0v) is 18.3. The lowest BCUT2D eigenvalue weighted by molar-refractivity contribution is -0.131. The molecule has 8 heteroatoms. The van der Waals surface area contributed by atoms with E-state index in [-0.39, 0.29) is 24.4 Å². The molecule has 2 aromatic carbocycles. The van der Waals surface area contributed by atoms with Crippen LogP contribution in [0.2, 0.25) is 0 Å². The second-order valence-corrected chi connectivity index (χ2v) is 8.30. The minimum Gasteiger partial charge on any atom is -0.497 e. The summed E-state index contributed by atoms with van der Waals surface area (Å²) in [6.45, 7) is 6.20. The fourth-order valence-electron chi connectivity index (χ4n) is 3.79. The van der Waals surface area contributed by atoms with Crippen molar-refractivity contribution < 1.29 is 14.3 Å². The minimum absolute atomic E-state index is 0.101. The van der Waals surface area contributed by atoms with E-state index < -0.39 is 5.54 Å². The lowest BCUT2D eigenvalue weighted by atomic mass is 9.91. The fraction of sp³-hybridized carbons (Fsp3) is 0.348. The zero-order chi connectivity index (χ0) is 22.6. The van der Waals surface area contributed by atoms with E-state index in [1.807, 2.05) is 19.1 Å². The normalized spacial score (nSPS) is 18.2.